The van der Waals surface area contributed by atoms with Gasteiger partial charge >= 0.3 is 0 Å². The second-order valence-corrected chi connectivity index (χ2v) is 7.56. The van der Waals surface area contributed by atoms with Crippen molar-refractivity contribution in [3.05, 3.63) is 58.7 Å². The van der Waals surface area contributed by atoms with E-state index >= 15 is 0 Å². The molecular weight excluding hydrogens is 409 g/mol. The van der Waals surface area contributed by atoms with E-state index in [0.717, 1.165) is 10.4 Å². The molecule has 0 fully saturated rings. The highest BCUT2D eigenvalue weighted by atomic mass is 32.1. The monoisotopic (exact) mass is 427 g/mol. The molecule has 154 valence electrons. The molecule has 2 amide bonds. The molecule has 2 heterocycles. The van der Waals surface area contributed by atoms with Crippen molar-refractivity contribution >= 4 is 29.0 Å². The van der Waals surface area contributed by atoms with Crippen LogP contribution in [0.4, 0.5) is 10.1 Å². The van der Waals surface area contributed by atoms with Gasteiger partial charge in [-0.1, -0.05) is 18.2 Å². The smallest absolute Gasteiger partial charge is 0.255 e. The summed E-state index contributed by atoms with van der Waals surface area (Å²) >= 11 is 1.26. The summed E-state index contributed by atoms with van der Waals surface area (Å²) in [6, 6.07) is 11.4. The van der Waals surface area contributed by atoms with E-state index in [-0.39, 0.29) is 30.7 Å². The maximum absolute atomic E-state index is 13.7. The number of methoxy groups -OCH3 is 1. The van der Waals surface area contributed by atoms with E-state index in [2.05, 4.69) is 9.69 Å². The minimum absolute atomic E-state index is 0.166. The third-order valence-corrected chi connectivity index (χ3v) is 5.71. The van der Waals surface area contributed by atoms with Crippen LogP contribution in [0.25, 0.3) is 11.3 Å². The van der Waals surface area contributed by atoms with Gasteiger partial charge in [0.05, 0.1) is 17.7 Å². The first-order valence-electron chi connectivity index (χ1n) is 9.10. The predicted molar refractivity (Wildman–Crippen MR) is 110 cm³/mol. The number of primary amides is 1. The number of hydrogen-bond acceptors (Lipinski definition) is 6. The van der Waals surface area contributed by atoms with Gasteiger partial charge in [-0.3, -0.25) is 9.59 Å². The molecule has 0 unspecified atom stereocenters. The average Bonchev–Trinajstić information content (AvgIpc) is 3.15. The Morgan fingerprint density at radius 3 is 2.87 bits per heavy atom. The first-order valence-corrected chi connectivity index (χ1v) is 9.88. The quantitative estimate of drug-likeness (QED) is 0.628. The molecule has 30 heavy (non-hydrogen) atoms. The lowest BCUT2D eigenvalue weighted by atomic mass is 9.89. The Kier molecular flexibility index (Phi) is 5.37. The van der Waals surface area contributed by atoms with E-state index in [1.54, 1.807) is 24.3 Å². The molecule has 3 aromatic rings. The topological polar surface area (TPSA) is 104 Å². The Morgan fingerprint density at radius 1 is 1.30 bits per heavy atom. The molecule has 0 bridgehead atoms. The summed E-state index contributed by atoms with van der Waals surface area (Å²) in [7, 11) is 1.49. The molecule has 1 aliphatic heterocycles. The fourth-order valence-corrected chi connectivity index (χ4v) is 4.38. The van der Waals surface area contributed by atoms with Gasteiger partial charge in [0.2, 0.25) is 5.91 Å². The SMILES string of the molecule is COc1ccc([C@@H]2CC(=O)Nc3c(-c4cccc(F)c4)nsc32)cc1OCC(N)=O. The summed E-state index contributed by atoms with van der Waals surface area (Å²) in [4.78, 5) is 24.4. The van der Waals surface area contributed by atoms with E-state index in [1.807, 2.05) is 6.07 Å². The minimum atomic E-state index is -0.607. The molecule has 7 nitrogen and oxygen atoms in total. The van der Waals surface area contributed by atoms with Crippen LogP contribution >= 0.6 is 11.5 Å². The summed E-state index contributed by atoms with van der Waals surface area (Å²) in [5.74, 6) is -0.610. The van der Waals surface area contributed by atoms with Crippen molar-refractivity contribution < 1.29 is 23.5 Å². The van der Waals surface area contributed by atoms with Crippen LogP contribution in [-0.4, -0.2) is 29.9 Å². The van der Waals surface area contributed by atoms with Gasteiger partial charge in [-0.25, -0.2) is 4.39 Å². The summed E-state index contributed by atoms with van der Waals surface area (Å²) in [5.41, 5.74) is 7.69. The second-order valence-electron chi connectivity index (χ2n) is 6.75. The summed E-state index contributed by atoms with van der Waals surface area (Å²) in [5, 5.41) is 2.87. The number of nitrogens with two attached hydrogens (primary N) is 1. The number of rotatable bonds is 6. The number of nitrogens with one attached hydrogen (secondary N) is 1. The third kappa shape index (κ3) is 3.84. The number of aromatic nitrogens is 1. The number of carbonyl (C=O) groups is 2. The third-order valence-electron chi connectivity index (χ3n) is 4.75. The maximum Gasteiger partial charge on any atom is 0.255 e. The number of fused-ring (bicyclic) bond motifs is 1. The van der Waals surface area contributed by atoms with Crippen LogP contribution in [0.15, 0.2) is 42.5 Å². The number of ether oxygens (including phenoxy) is 2. The molecule has 1 aliphatic rings. The van der Waals surface area contributed by atoms with Crippen LogP contribution in [0.5, 0.6) is 11.5 Å². The molecule has 0 radical (unpaired) electrons. The number of amides is 2. The number of carbonyl (C=O) groups excluding carboxylic acids is 2. The summed E-state index contributed by atoms with van der Waals surface area (Å²) < 4.78 is 28.9. The van der Waals surface area contributed by atoms with Crippen LogP contribution in [0, 0.1) is 5.82 Å². The number of benzene rings is 2. The zero-order valence-corrected chi connectivity index (χ0v) is 16.8. The molecule has 9 heteroatoms. The zero-order chi connectivity index (χ0) is 21.3. The minimum Gasteiger partial charge on any atom is -0.493 e. The zero-order valence-electron chi connectivity index (χ0n) is 16.0. The van der Waals surface area contributed by atoms with Crippen LogP contribution in [0.3, 0.4) is 0 Å². The molecule has 4 rings (SSSR count). The highest BCUT2D eigenvalue weighted by molar-refractivity contribution is 7.07. The summed E-state index contributed by atoms with van der Waals surface area (Å²) in [6.45, 7) is -0.291. The maximum atomic E-state index is 13.7. The Bertz CT molecular complexity index is 1130. The Balaban J connectivity index is 1.74. The Hall–Kier alpha value is -3.46. The van der Waals surface area contributed by atoms with E-state index in [4.69, 9.17) is 15.2 Å². The van der Waals surface area contributed by atoms with Gasteiger partial charge in [-0.2, -0.15) is 4.37 Å². The molecule has 1 atom stereocenters. The lowest BCUT2D eigenvalue weighted by Crippen LogP contribution is -2.23. The predicted octanol–water partition coefficient (Wildman–Crippen LogP) is 3.30. The van der Waals surface area contributed by atoms with Crippen LogP contribution in [0.2, 0.25) is 0 Å². The van der Waals surface area contributed by atoms with Gasteiger partial charge in [0, 0.05) is 17.9 Å². The van der Waals surface area contributed by atoms with Crippen molar-refractivity contribution in [2.75, 3.05) is 19.0 Å². The molecule has 2 aromatic carbocycles. The van der Waals surface area contributed by atoms with Crippen LogP contribution in [-0.2, 0) is 9.59 Å². The fourth-order valence-electron chi connectivity index (χ4n) is 3.40. The molecule has 0 aliphatic carbocycles. The molecule has 0 saturated carbocycles. The van der Waals surface area contributed by atoms with Crippen molar-refractivity contribution in [3.8, 4) is 22.8 Å². The van der Waals surface area contributed by atoms with Crippen molar-refractivity contribution in [2.24, 2.45) is 5.73 Å². The van der Waals surface area contributed by atoms with Crippen molar-refractivity contribution in [3.63, 3.8) is 0 Å². The van der Waals surface area contributed by atoms with Crippen molar-refractivity contribution in [1.82, 2.24) is 4.37 Å². The van der Waals surface area contributed by atoms with Crippen LogP contribution in [0.1, 0.15) is 22.8 Å². The number of nitrogens with zero attached hydrogens (tertiary/aromatic N) is 1. The fraction of sp³-hybridized carbons (Fsp3) is 0.190. The highest BCUT2D eigenvalue weighted by Crippen LogP contribution is 2.46. The van der Waals surface area contributed by atoms with E-state index < -0.39 is 5.91 Å². The molecule has 3 N–H and O–H groups in total. The second kappa shape index (κ2) is 8.11. The van der Waals surface area contributed by atoms with E-state index in [9.17, 15) is 14.0 Å². The van der Waals surface area contributed by atoms with Crippen molar-refractivity contribution in [2.45, 2.75) is 12.3 Å². The van der Waals surface area contributed by atoms with Gasteiger partial charge in [0.1, 0.15) is 11.5 Å². The molecule has 1 aromatic heterocycles. The Morgan fingerprint density at radius 2 is 2.13 bits per heavy atom. The molecule has 0 spiro atoms. The van der Waals surface area contributed by atoms with Gasteiger partial charge in [-0.15, -0.1) is 0 Å². The summed E-state index contributed by atoms with van der Waals surface area (Å²) in [6.07, 6.45) is 0.222. The first-order chi connectivity index (χ1) is 14.5. The van der Waals surface area contributed by atoms with Gasteiger partial charge in [-0.05, 0) is 41.4 Å². The van der Waals surface area contributed by atoms with Crippen molar-refractivity contribution in [1.29, 1.82) is 0 Å². The van der Waals surface area contributed by atoms with E-state index in [1.165, 1.54) is 30.8 Å². The largest absolute Gasteiger partial charge is 0.493 e. The molecule has 0 saturated heterocycles. The first kappa shape index (κ1) is 19.8. The number of anilines is 1. The molecular formula is C21H18FN3O4S. The standard InChI is InChI=1S/C21H18FN3O4S/c1-28-15-6-5-11(8-16(15)29-10-17(23)26)14-9-18(27)24-20-19(25-30-21(14)20)12-3-2-4-13(22)7-12/h2-8,14H,9-10H2,1H3,(H2,23,26)(H,24,27)/t14-/m0/s1. The average molecular weight is 427 g/mol. The van der Waals surface area contributed by atoms with E-state index in [0.29, 0.717) is 28.4 Å². The number of hydrogen-bond donors (Lipinski definition) is 2. The van der Waals surface area contributed by atoms with Gasteiger partial charge in [0.15, 0.2) is 18.1 Å². The van der Waals surface area contributed by atoms with Gasteiger partial charge < -0.3 is 20.5 Å². The normalized spacial score (nSPS) is 15.3. The lowest BCUT2D eigenvalue weighted by molar-refractivity contribution is -0.120. The Labute approximate surface area is 175 Å². The lowest BCUT2D eigenvalue weighted by Gasteiger charge is -2.23. The highest BCUT2D eigenvalue weighted by Gasteiger charge is 2.32. The van der Waals surface area contributed by atoms with Gasteiger partial charge in [0.25, 0.3) is 5.91 Å². The van der Waals surface area contributed by atoms with Crippen LogP contribution < -0.4 is 20.5 Å². The number of halogens is 1.